The van der Waals surface area contributed by atoms with E-state index in [2.05, 4.69) is 0 Å². The van der Waals surface area contributed by atoms with E-state index in [4.69, 9.17) is 9.84 Å². The predicted molar refractivity (Wildman–Crippen MR) is 89.9 cm³/mol. The molecule has 0 saturated heterocycles. The van der Waals surface area contributed by atoms with Gasteiger partial charge < -0.3 is 9.84 Å². The average molecular weight is 316 g/mol. The number of aliphatic hydroxyl groups is 1. The van der Waals surface area contributed by atoms with Gasteiger partial charge in [-0.2, -0.15) is 0 Å². The highest BCUT2D eigenvalue weighted by Crippen LogP contribution is 2.24. The normalized spacial score (nSPS) is 10.5. The SMILES string of the molecule is COc1ccc(CCC(=O)c2ccccc2SCCO)cc1. The largest absolute Gasteiger partial charge is 0.497 e. The van der Waals surface area contributed by atoms with E-state index in [1.807, 2.05) is 48.5 Å². The number of benzene rings is 2. The van der Waals surface area contributed by atoms with Crippen LogP contribution in [0.2, 0.25) is 0 Å². The molecule has 0 aliphatic heterocycles. The number of ketones is 1. The minimum absolute atomic E-state index is 0.110. The van der Waals surface area contributed by atoms with Crippen LogP contribution in [0.25, 0.3) is 0 Å². The summed E-state index contributed by atoms with van der Waals surface area (Å²) in [6.07, 6.45) is 1.19. The molecule has 0 spiro atoms. The monoisotopic (exact) mass is 316 g/mol. The van der Waals surface area contributed by atoms with E-state index in [1.54, 1.807) is 7.11 Å². The maximum Gasteiger partial charge on any atom is 0.164 e. The lowest BCUT2D eigenvalue weighted by molar-refractivity contribution is 0.0980. The smallest absolute Gasteiger partial charge is 0.164 e. The Labute approximate surface area is 135 Å². The molecule has 2 aromatic rings. The summed E-state index contributed by atoms with van der Waals surface area (Å²) >= 11 is 1.51. The van der Waals surface area contributed by atoms with Gasteiger partial charge in [0.25, 0.3) is 0 Å². The molecule has 2 rings (SSSR count). The number of ether oxygens (including phenoxy) is 1. The Morgan fingerprint density at radius 3 is 2.55 bits per heavy atom. The lowest BCUT2D eigenvalue weighted by Crippen LogP contribution is -2.03. The Morgan fingerprint density at radius 1 is 1.14 bits per heavy atom. The Kier molecular flexibility index (Phi) is 6.49. The number of methoxy groups -OCH3 is 1. The zero-order chi connectivity index (χ0) is 15.8. The zero-order valence-corrected chi connectivity index (χ0v) is 13.4. The van der Waals surface area contributed by atoms with E-state index >= 15 is 0 Å². The summed E-state index contributed by atoms with van der Waals surface area (Å²) in [4.78, 5) is 13.4. The van der Waals surface area contributed by atoms with Crippen molar-refractivity contribution in [2.24, 2.45) is 0 Å². The Hall–Kier alpha value is -1.78. The van der Waals surface area contributed by atoms with Gasteiger partial charge in [0.1, 0.15) is 5.75 Å². The van der Waals surface area contributed by atoms with E-state index in [9.17, 15) is 4.79 Å². The number of Topliss-reactive ketones (excluding diaryl/α,β-unsaturated/α-hetero) is 1. The molecule has 2 aromatic carbocycles. The van der Waals surface area contributed by atoms with Crippen LogP contribution in [0.5, 0.6) is 5.75 Å². The van der Waals surface area contributed by atoms with Crippen LogP contribution in [0.3, 0.4) is 0 Å². The fourth-order valence-electron chi connectivity index (χ4n) is 2.16. The number of aryl methyl sites for hydroxylation is 1. The van der Waals surface area contributed by atoms with Crippen molar-refractivity contribution in [3.63, 3.8) is 0 Å². The van der Waals surface area contributed by atoms with E-state index in [0.29, 0.717) is 18.6 Å². The van der Waals surface area contributed by atoms with Gasteiger partial charge in [0.15, 0.2) is 5.78 Å². The lowest BCUT2D eigenvalue weighted by Gasteiger charge is -2.08. The van der Waals surface area contributed by atoms with Crippen LogP contribution < -0.4 is 4.74 Å². The fraction of sp³-hybridized carbons (Fsp3) is 0.278. The first-order valence-corrected chi connectivity index (χ1v) is 8.22. The van der Waals surface area contributed by atoms with E-state index in [0.717, 1.165) is 21.8 Å². The molecular formula is C18H20O3S. The number of hydrogen-bond acceptors (Lipinski definition) is 4. The summed E-state index contributed by atoms with van der Waals surface area (Å²) in [7, 11) is 1.64. The summed E-state index contributed by atoms with van der Waals surface area (Å²) in [6.45, 7) is 0.110. The summed E-state index contributed by atoms with van der Waals surface area (Å²) in [6, 6.07) is 15.4. The number of aliphatic hydroxyl groups excluding tert-OH is 1. The molecule has 1 N–H and O–H groups in total. The Balaban J connectivity index is 1.99. The highest BCUT2D eigenvalue weighted by atomic mass is 32.2. The van der Waals surface area contributed by atoms with Crippen LogP contribution in [-0.4, -0.2) is 30.4 Å². The standard InChI is InChI=1S/C18H20O3S/c1-21-15-9-6-14(7-10-15)8-11-17(20)16-4-2-3-5-18(16)22-13-12-19/h2-7,9-10,19H,8,11-13H2,1H3. The van der Waals surface area contributed by atoms with Gasteiger partial charge in [-0.05, 0) is 30.2 Å². The van der Waals surface area contributed by atoms with Gasteiger partial charge in [0.05, 0.1) is 13.7 Å². The summed E-state index contributed by atoms with van der Waals surface area (Å²) in [5, 5.41) is 8.94. The lowest BCUT2D eigenvalue weighted by atomic mass is 10.0. The van der Waals surface area contributed by atoms with Gasteiger partial charge in [-0.25, -0.2) is 0 Å². The molecule has 0 aliphatic rings. The van der Waals surface area contributed by atoms with Crippen LogP contribution in [0.15, 0.2) is 53.4 Å². The third kappa shape index (κ3) is 4.61. The fourth-order valence-corrected chi connectivity index (χ4v) is 2.99. The maximum atomic E-state index is 12.4. The van der Waals surface area contributed by atoms with Gasteiger partial charge in [0.2, 0.25) is 0 Å². The van der Waals surface area contributed by atoms with Gasteiger partial charge in [-0.3, -0.25) is 4.79 Å². The van der Waals surface area contributed by atoms with Crippen molar-refractivity contribution in [1.82, 2.24) is 0 Å². The maximum absolute atomic E-state index is 12.4. The third-order valence-electron chi connectivity index (χ3n) is 3.34. The molecule has 0 unspecified atom stereocenters. The first-order valence-electron chi connectivity index (χ1n) is 7.23. The van der Waals surface area contributed by atoms with Crippen LogP contribution in [-0.2, 0) is 6.42 Å². The molecule has 22 heavy (non-hydrogen) atoms. The molecule has 0 atom stereocenters. The average Bonchev–Trinajstić information content (AvgIpc) is 2.58. The Bertz CT molecular complexity index is 608. The van der Waals surface area contributed by atoms with E-state index in [-0.39, 0.29) is 12.4 Å². The van der Waals surface area contributed by atoms with Crippen molar-refractivity contribution in [3.05, 3.63) is 59.7 Å². The van der Waals surface area contributed by atoms with Gasteiger partial charge in [0, 0.05) is 22.6 Å². The molecule has 0 saturated carbocycles. The van der Waals surface area contributed by atoms with Crippen molar-refractivity contribution in [1.29, 1.82) is 0 Å². The van der Waals surface area contributed by atoms with Gasteiger partial charge >= 0.3 is 0 Å². The molecule has 0 fully saturated rings. The molecule has 4 heteroatoms. The Morgan fingerprint density at radius 2 is 1.86 bits per heavy atom. The van der Waals surface area contributed by atoms with E-state index in [1.165, 1.54) is 11.8 Å². The molecule has 0 aliphatic carbocycles. The van der Waals surface area contributed by atoms with Crippen LogP contribution in [0.4, 0.5) is 0 Å². The second-order valence-corrected chi connectivity index (χ2v) is 5.98. The summed E-state index contributed by atoms with van der Waals surface area (Å²) in [5.74, 6) is 1.56. The van der Waals surface area contributed by atoms with Crippen molar-refractivity contribution in [3.8, 4) is 5.75 Å². The molecule has 0 radical (unpaired) electrons. The quantitative estimate of drug-likeness (QED) is 0.597. The number of rotatable bonds is 8. The topological polar surface area (TPSA) is 46.5 Å². The molecule has 0 amide bonds. The van der Waals surface area contributed by atoms with Crippen LogP contribution >= 0.6 is 11.8 Å². The number of hydrogen-bond donors (Lipinski definition) is 1. The summed E-state index contributed by atoms with van der Waals surface area (Å²) in [5.41, 5.74) is 1.86. The minimum atomic E-state index is 0.110. The van der Waals surface area contributed by atoms with Gasteiger partial charge in [-0.1, -0.05) is 30.3 Å². The van der Waals surface area contributed by atoms with E-state index < -0.39 is 0 Å². The highest BCUT2D eigenvalue weighted by Gasteiger charge is 2.11. The number of carbonyl (C=O) groups excluding carboxylic acids is 1. The van der Waals surface area contributed by atoms with Gasteiger partial charge in [-0.15, -0.1) is 11.8 Å². The first-order chi connectivity index (χ1) is 10.7. The molecule has 3 nitrogen and oxygen atoms in total. The predicted octanol–water partition coefficient (Wildman–Crippen LogP) is 3.60. The second kappa shape index (κ2) is 8.61. The second-order valence-electron chi connectivity index (χ2n) is 4.84. The summed E-state index contributed by atoms with van der Waals surface area (Å²) < 4.78 is 5.13. The molecule has 0 bridgehead atoms. The molecular weight excluding hydrogens is 296 g/mol. The minimum Gasteiger partial charge on any atom is -0.497 e. The highest BCUT2D eigenvalue weighted by molar-refractivity contribution is 7.99. The van der Waals surface area contributed by atoms with Crippen molar-refractivity contribution >= 4 is 17.5 Å². The number of carbonyl (C=O) groups is 1. The first kappa shape index (κ1) is 16.6. The van der Waals surface area contributed by atoms with Crippen molar-refractivity contribution in [2.45, 2.75) is 17.7 Å². The third-order valence-corrected chi connectivity index (χ3v) is 4.39. The zero-order valence-electron chi connectivity index (χ0n) is 12.6. The van der Waals surface area contributed by atoms with Crippen molar-refractivity contribution in [2.75, 3.05) is 19.5 Å². The molecule has 0 heterocycles. The molecule has 0 aromatic heterocycles. The number of thioether (sulfide) groups is 1. The van der Waals surface area contributed by atoms with Crippen molar-refractivity contribution < 1.29 is 14.6 Å². The van der Waals surface area contributed by atoms with Crippen LogP contribution in [0, 0.1) is 0 Å². The van der Waals surface area contributed by atoms with Crippen LogP contribution in [0.1, 0.15) is 22.3 Å². The molecule has 116 valence electrons.